The van der Waals surface area contributed by atoms with Crippen LogP contribution in [0.15, 0.2) is 6.33 Å². The van der Waals surface area contributed by atoms with E-state index in [9.17, 15) is 15.0 Å². The molecule has 5 N–H and O–H groups in total. The van der Waals surface area contributed by atoms with Gasteiger partial charge in [0, 0.05) is 0 Å². The maximum Gasteiger partial charge on any atom is 0.269 e. The van der Waals surface area contributed by atoms with Gasteiger partial charge in [-0.15, -0.1) is 0 Å². The molecule has 0 spiro atoms. The lowest BCUT2D eigenvalue weighted by Crippen LogP contribution is -2.33. The van der Waals surface area contributed by atoms with Crippen molar-refractivity contribution < 1.29 is 24.9 Å². The Balaban J connectivity index is 2.35. The third kappa shape index (κ3) is 2.23. The molecule has 8 heteroatoms. The summed E-state index contributed by atoms with van der Waals surface area (Å²) in [6, 6.07) is 0. The molecule has 19 heavy (non-hydrogen) atoms. The number of amides is 1. The number of carbonyl (C=O) groups is 1. The highest BCUT2D eigenvalue weighted by Crippen LogP contribution is 2.30. The van der Waals surface area contributed by atoms with Gasteiger partial charge in [0.25, 0.3) is 5.91 Å². The molecular weight excluding hydrogens is 254 g/mol. The molecule has 8 nitrogen and oxygen atoms in total. The van der Waals surface area contributed by atoms with Crippen LogP contribution in [0.25, 0.3) is 0 Å². The predicted octanol–water partition coefficient (Wildman–Crippen LogP) is -1.84. The summed E-state index contributed by atoms with van der Waals surface area (Å²) in [5.41, 5.74) is 5.84. The molecule has 0 unspecified atom stereocenters. The number of ether oxygens (including phenoxy) is 1. The van der Waals surface area contributed by atoms with E-state index in [4.69, 9.17) is 15.6 Å². The van der Waals surface area contributed by atoms with Crippen LogP contribution in [0.1, 0.15) is 29.3 Å². The summed E-state index contributed by atoms with van der Waals surface area (Å²) in [4.78, 5) is 15.1. The fraction of sp³-hybridized carbons (Fsp3) is 0.636. The SMILES string of the molecule is CCc1c(C(N)=O)ncn1[C@@H]1O[C@H](CO)[C@@H](O)[C@H]1O. The van der Waals surface area contributed by atoms with E-state index >= 15 is 0 Å². The average molecular weight is 271 g/mol. The first-order chi connectivity index (χ1) is 9.01. The van der Waals surface area contributed by atoms with Crippen molar-refractivity contribution in [2.24, 2.45) is 5.73 Å². The van der Waals surface area contributed by atoms with Gasteiger partial charge in [-0.3, -0.25) is 4.79 Å². The Bertz CT molecular complexity index is 475. The smallest absolute Gasteiger partial charge is 0.269 e. The van der Waals surface area contributed by atoms with Gasteiger partial charge in [-0.05, 0) is 6.42 Å². The lowest BCUT2D eigenvalue weighted by molar-refractivity contribution is -0.0538. The van der Waals surface area contributed by atoms with Crippen LogP contribution in [0.5, 0.6) is 0 Å². The molecule has 0 bridgehead atoms. The molecule has 4 atom stereocenters. The topological polar surface area (TPSA) is 131 Å². The first kappa shape index (κ1) is 13.9. The van der Waals surface area contributed by atoms with E-state index in [0.717, 1.165) is 0 Å². The number of aliphatic hydroxyl groups is 3. The second kappa shape index (κ2) is 5.25. The van der Waals surface area contributed by atoms with Crippen LogP contribution >= 0.6 is 0 Å². The van der Waals surface area contributed by atoms with Gasteiger partial charge in [0.05, 0.1) is 18.6 Å². The zero-order valence-electron chi connectivity index (χ0n) is 10.4. The molecule has 1 saturated heterocycles. The van der Waals surface area contributed by atoms with E-state index in [0.29, 0.717) is 12.1 Å². The van der Waals surface area contributed by atoms with Crippen molar-refractivity contribution in [3.8, 4) is 0 Å². The van der Waals surface area contributed by atoms with Gasteiger partial charge < -0.3 is 30.4 Å². The molecule has 1 aromatic heterocycles. The minimum atomic E-state index is -1.21. The minimum Gasteiger partial charge on any atom is -0.394 e. The molecule has 1 fully saturated rings. The Kier molecular flexibility index (Phi) is 3.85. The summed E-state index contributed by atoms with van der Waals surface area (Å²) in [7, 11) is 0. The molecule has 0 aromatic carbocycles. The lowest BCUT2D eigenvalue weighted by atomic mass is 10.1. The number of nitrogens with two attached hydrogens (primary N) is 1. The van der Waals surface area contributed by atoms with Gasteiger partial charge in [-0.25, -0.2) is 4.98 Å². The average Bonchev–Trinajstić information content (AvgIpc) is 2.92. The van der Waals surface area contributed by atoms with Crippen LogP contribution in [0.2, 0.25) is 0 Å². The summed E-state index contributed by atoms with van der Waals surface area (Å²) in [5, 5.41) is 28.7. The van der Waals surface area contributed by atoms with E-state index in [1.807, 2.05) is 0 Å². The summed E-state index contributed by atoms with van der Waals surface area (Å²) >= 11 is 0. The maximum absolute atomic E-state index is 11.2. The highest BCUT2D eigenvalue weighted by atomic mass is 16.6. The number of carbonyl (C=O) groups excluding carboxylic acids is 1. The molecule has 1 aromatic rings. The van der Waals surface area contributed by atoms with Gasteiger partial charge in [-0.1, -0.05) is 6.92 Å². The van der Waals surface area contributed by atoms with Crippen molar-refractivity contribution in [2.75, 3.05) is 6.61 Å². The molecule has 1 amide bonds. The largest absolute Gasteiger partial charge is 0.394 e. The van der Waals surface area contributed by atoms with E-state index in [1.165, 1.54) is 10.9 Å². The van der Waals surface area contributed by atoms with Gasteiger partial charge >= 0.3 is 0 Å². The maximum atomic E-state index is 11.2. The van der Waals surface area contributed by atoms with Crippen molar-refractivity contribution in [1.82, 2.24) is 9.55 Å². The zero-order chi connectivity index (χ0) is 14.2. The van der Waals surface area contributed by atoms with Crippen LogP contribution in [-0.4, -0.2) is 55.7 Å². The van der Waals surface area contributed by atoms with Crippen LogP contribution in [0.3, 0.4) is 0 Å². The Labute approximate surface area is 109 Å². The molecule has 0 aliphatic carbocycles. The Morgan fingerprint density at radius 1 is 1.53 bits per heavy atom. The summed E-state index contributed by atoms with van der Waals surface area (Å²) in [6.45, 7) is 1.40. The van der Waals surface area contributed by atoms with Crippen molar-refractivity contribution in [3.63, 3.8) is 0 Å². The van der Waals surface area contributed by atoms with Crippen LogP contribution in [-0.2, 0) is 11.2 Å². The lowest BCUT2D eigenvalue weighted by Gasteiger charge is -2.18. The monoisotopic (exact) mass is 271 g/mol. The molecule has 2 rings (SSSR count). The van der Waals surface area contributed by atoms with Gasteiger partial charge in [-0.2, -0.15) is 0 Å². The molecule has 1 aliphatic heterocycles. The van der Waals surface area contributed by atoms with Crippen molar-refractivity contribution in [1.29, 1.82) is 0 Å². The molecule has 0 radical (unpaired) electrons. The van der Waals surface area contributed by atoms with Gasteiger partial charge in [0.1, 0.15) is 24.0 Å². The number of rotatable bonds is 4. The number of hydrogen-bond acceptors (Lipinski definition) is 6. The summed E-state index contributed by atoms with van der Waals surface area (Å²) in [6.07, 6.45) is -2.38. The second-order valence-electron chi connectivity index (χ2n) is 4.39. The highest BCUT2D eigenvalue weighted by Gasteiger charge is 2.44. The molecule has 1 aliphatic rings. The van der Waals surface area contributed by atoms with E-state index in [1.54, 1.807) is 6.92 Å². The quantitative estimate of drug-likeness (QED) is 0.509. The molecule has 0 saturated carbocycles. The van der Waals surface area contributed by atoms with Crippen molar-refractivity contribution in [3.05, 3.63) is 17.7 Å². The Morgan fingerprint density at radius 3 is 2.68 bits per heavy atom. The molecule has 2 heterocycles. The number of aromatic nitrogens is 2. The third-order valence-corrected chi connectivity index (χ3v) is 3.26. The minimum absolute atomic E-state index is 0.111. The van der Waals surface area contributed by atoms with E-state index in [2.05, 4.69) is 4.98 Å². The fourth-order valence-electron chi connectivity index (χ4n) is 2.27. The number of aliphatic hydroxyl groups excluding tert-OH is 3. The summed E-state index contributed by atoms with van der Waals surface area (Å²) in [5.74, 6) is -0.664. The second-order valence-corrected chi connectivity index (χ2v) is 4.39. The van der Waals surface area contributed by atoms with Crippen LogP contribution in [0, 0.1) is 0 Å². The summed E-state index contributed by atoms with van der Waals surface area (Å²) < 4.78 is 6.84. The van der Waals surface area contributed by atoms with Crippen molar-refractivity contribution >= 4 is 5.91 Å². The first-order valence-electron chi connectivity index (χ1n) is 5.99. The number of hydrogen-bond donors (Lipinski definition) is 4. The first-order valence-corrected chi connectivity index (χ1v) is 5.99. The third-order valence-electron chi connectivity index (χ3n) is 3.26. The van der Waals surface area contributed by atoms with Crippen LogP contribution in [0.4, 0.5) is 0 Å². The molecular formula is C11H17N3O5. The van der Waals surface area contributed by atoms with Crippen molar-refractivity contribution in [2.45, 2.75) is 37.9 Å². The number of primary amides is 1. The number of imidazole rings is 1. The van der Waals surface area contributed by atoms with Gasteiger partial charge in [0.2, 0.25) is 0 Å². The fourth-order valence-corrected chi connectivity index (χ4v) is 2.27. The highest BCUT2D eigenvalue weighted by molar-refractivity contribution is 5.91. The normalized spacial score (nSPS) is 30.7. The Morgan fingerprint density at radius 2 is 2.21 bits per heavy atom. The van der Waals surface area contributed by atoms with E-state index in [-0.39, 0.29) is 5.69 Å². The number of nitrogens with zero attached hydrogens (tertiary/aromatic N) is 2. The zero-order valence-corrected chi connectivity index (χ0v) is 10.4. The standard InChI is InChI=1S/C11H17N3O5/c1-2-5-7(10(12)18)13-4-14(5)11-9(17)8(16)6(3-15)19-11/h4,6,8-9,11,15-17H,2-3H2,1H3,(H2,12,18)/t6-,8-,9-,11-/m1/s1. The molecule has 106 valence electrons. The van der Waals surface area contributed by atoms with Crippen LogP contribution < -0.4 is 5.73 Å². The predicted molar refractivity (Wildman–Crippen MR) is 63.1 cm³/mol. The van der Waals surface area contributed by atoms with Gasteiger partial charge in [0.15, 0.2) is 6.23 Å². The Hall–Kier alpha value is -1.48. The van der Waals surface area contributed by atoms with E-state index < -0.39 is 37.1 Å².